The van der Waals surface area contributed by atoms with Crippen LogP contribution in [0, 0.1) is 11.6 Å². The Kier molecular flexibility index (Phi) is 14.5. The maximum Gasteiger partial charge on any atom is 0.253 e. The predicted molar refractivity (Wildman–Crippen MR) is 168 cm³/mol. The van der Waals surface area contributed by atoms with Crippen molar-refractivity contribution < 1.29 is 36.7 Å². The van der Waals surface area contributed by atoms with Crippen LogP contribution in [0.5, 0.6) is 0 Å². The van der Waals surface area contributed by atoms with Gasteiger partial charge in [-0.1, -0.05) is 20.8 Å². The van der Waals surface area contributed by atoms with Gasteiger partial charge in [-0.05, 0) is 75.4 Å². The molecule has 0 aliphatic heterocycles. The van der Waals surface area contributed by atoms with E-state index in [0.717, 1.165) is 12.1 Å². The van der Waals surface area contributed by atoms with Crippen molar-refractivity contribution in [3.8, 4) is 0 Å². The van der Waals surface area contributed by atoms with E-state index in [2.05, 4.69) is 10.1 Å². The minimum absolute atomic E-state index is 0.0693. The highest BCUT2D eigenvalue weighted by atomic mass is 32.2. The maximum atomic E-state index is 14.0. The Morgan fingerprint density at radius 2 is 1.40 bits per heavy atom. The number of carbonyl (C=O) groups is 3. The van der Waals surface area contributed by atoms with E-state index in [9.17, 15) is 36.7 Å². The van der Waals surface area contributed by atoms with Gasteiger partial charge in [-0.25, -0.2) is 22.2 Å². The van der Waals surface area contributed by atoms with E-state index in [1.165, 1.54) is 37.1 Å². The molecule has 250 valence electrons. The van der Waals surface area contributed by atoms with E-state index in [1.54, 1.807) is 4.90 Å². The molecular formula is C31H45F2N5O6S. The van der Waals surface area contributed by atoms with Crippen LogP contribution in [0.15, 0.2) is 36.4 Å². The predicted octanol–water partition coefficient (Wildman–Crippen LogP) is 2.98. The van der Waals surface area contributed by atoms with Gasteiger partial charge in [-0.3, -0.25) is 14.4 Å². The van der Waals surface area contributed by atoms with Crippen molar-refractivity contribution in [3.63, 3.8) is 0 Å². The number of aliphatic hydroxyl groups is 1. The third-order valence-electron chi connectivity index (χ3n) is 6.94. The zero-order valence-electron chi connectivity index (χ0n) is 26.5. The van der Waals surface area contributed by atoms with Crippen molar-refractivity contribution in [1.82, 2.24) is 20.1 Å². The van der Waals surface area contributed by atoms with E-state index in [0.29, 0.717) is 38.4 Å². The molecule has 0 heterocycles. The fourth-order valence-corrected chi connectivity index (χ4v) is 5.40. The fourth-order valence-electron chi connectivity index (χ4n) is 4.66. The molecule has 11 nitrogen and oxygen atoms in total. The summed E-state index contributed by atoms with van der Waals surface area (Å²) >= 11 is 0. The fraction of sp³-hybridized carbons (Fsp3) is 0.516. The second kappa shape index (κ2) is 17.3. The zero-order valence-corrected chi connectivity index (χ0v) is 27.3. The summed E-state index contributed by atoms with van der Waals surface area (Å²) in [6, 6.07) is 5.45. The van der Waals surface area contributed by atoms with Crippen LogP contribution in [0.25, 0.3) is 0 Å². The molecule has 0 saturated heterocycles. The van der Waals surface area contributed by atoms with Crippen molar-refractivity contribution >= 4 is 27.7 Å². The Balaban J connectivity index is 2.50. The van der Waals surface area contributed by atoms with Gasteiger partial charge in [0.05, 0.1) is 17.4 Å². The number of carbonyl (C=O) groups excluding carboxylic acids is 3. The first-order valence-corrected chi connectivity index (χ1v) is 16.6. The number of aliphatic hydroxyl groups excluding tert-OH is 1. The third-order valence-corrected chi connectivity index (χ3v) is 8.69. The number of hydrazine groups is 1. The maximum absolute atomic E-state index is 14.0. The van der Waals surface area contributed by atoms with Gasteiger partial charge in [-0.15, -0.1) is 4.83 Å². The lowest BCUT2D eigenvalue weighted by molar-refractivity contribution is 0.0618. The number of hydrogen-bond acceptors (Lipinski definition) is 7. The number of primary amides is 1. The van der Waals surface area contributed by atoms with Crippen LogP contribution in [-0.2, 0) is 16.4 Å². The average molecular weight is 654 g/mol. The van der Waals surface area contributed by atoms with Gasteiger partial charge in [0, 0.05) is 48.9 Å². The van der Waals surface area contributed by atoms with Crippen LogP contribution in [-0.4, -0.2) is 84.7 Å². The van der Waals surface area contributed by atoms with Crippen molar-refractivity contribution in [3.05, 3.63) is 70.3 Å². The van der Waals surface area contributed by atoms with Crippen molar-refractivity contribution in [2.45, 2.75) is 77.7 Å². The summed E-state index contributed by atoms with van der Waals surface area (Å²) in [5, 5.41) is 14.5. The Labute approximate surface area is 264 Å². The molecule has 2 atom stereocenters. The van der Waals surface area contributed by atoms with Crippen LogP contribution >= 0.6 is 0 Å². The second-order valence-corrected chi connectivity index (χ2v) is 13.4. The number of rotatable bonds is 18. The molecule has 2 aromatic rings. The van der Waals surface area contributed by atoms with Crippen LogP contribution < -0.4 is 15.9 Å². The quantitative estimate of drug-likeness (QED) is 0.180. The topological polar surface area (TPSA) is 162 Å². The van der Waals surface area contributed by atoms with Crippen molar-refractivity contribution in [2.24, 2.45) is 5.73 Å². The molecule has 2 unspecified atom stereocenters. The average Bonchev–Trinajstić information content (AvgIpc) is 2.95. The monoisotopic (exact) mass is 653 g/mol. The van der Waals surface area contributed by atoms with Gasteiger partial charge >= 0.3 is 0 Å². The minimum atomic E-state index is -3.77. The van der Waals surface area contributed by atoms with Crippen molar-refractivity contribution in [2.75, 3.05) is 26.2 Å². The summed E-state index contributed by atoms with van der Waals surface area (Å²) < 4.78 is 53.2. The lowest BCUT2D eigenvalue weighted by atomic mass is 9.99. The standard InChI is InChI=1S/C31H45F2N5O6S/c1-6-9-37(10-7-2)31(42)24-16-22(29(34)40)15-23(17-24)30(41)35-27(14-21-12-25(32)18-26(33)13-21)28(39)19-38(11-8-3)36-45(43,44)20(4)5/h12-13,15-18,20,27-28,36,39H,6-11,14,19H2,1-5H3,(H2,34,40)(H,35,41). The molecular weight excluding hydrogens is 608 g/mol. The molecule has 2 rings (SSSR count). The molecule has 14 heteroatoms. The summed E-state index contributed by atoms with van der Waals surface area (Å²) in [6.45, 7) is 9.49. The first-order chi connectivity index (χ1) is 21.1. The van der Waals surface area contributed by atoms with E-state index < -0.39 is 56.8 Å². The van der Waals surface area contributed by atoms with Gasteiger partial charge in [0.15, 0.2) is 0 Å². The van der Waals surface area contributed by atoms with E-state index in [4.69, 9.17) is 5.73 Å². The molecule has 0 aromatic heterocycles. The van der Waals surface area contributed by atoms with E-state index in [1.807, 2.05) is 20.8 Å². The van der Waals surface area contributed by atoms with Crippen LogP contribution in [0.2, 0.25) is 0 Å². The number of hydrogen-bond donors (Lipinski definition) is 4. The van der Waals surface area contributed by atoms with E-state index in [-0.39, 0.29) is 41.8 Å². The summed E-state index contributed by atoms with van der Waals surface area (Å²) in [5.41, 5.74) is 5.52. The van der Waals surface area contributed by atoms with Crippen LogP contribution in [0.3, 0.4) is 0 Å². The molecule has 0 saturated carbocycles. The molecule has 0 aliphatic carbocycles. The summed E-state index contributed by atoms with van der Waals surface area (Å²) in [6.07, 6.45) is 0.227. The minimum Gasteiger partial charge on any atom is -0.390 e. The number of nitrogens with one attached hydrogen (secondary N) is 2. The molecule has 3 amide bonds. The second-order valence-electron chi connectivity index (χ2n) is 11.2. The van der Waals surface area contributed by atoms with Crippen molar-refractivity contribution in [1.29, 1.82) is 0 Å². The summed E-state index contributed by atoms with van der Waals surface area (Å²) in [7, 11) is -3.77. The summed E-state index contributed by atoms with van der Waals surface area (Å²) in [5.74, 6) is -3.77. The highest BCUT2D eigenvalue weighted by molar-refractivity contribution is 7.90. The molecule has 0 spiro atoms. The first kappa shape index (κ1) is 37.7. The molecule has 0 radical (unpaired) electrons. The Morgan fingerprint density at radius 3 is 1.91 bits per heavy atom. The number of sulfonamides is 1. The molecule has 45 heavy (non-hydrogen) atoms. The Morgan fingerprint density at radius 1 is 0.867 bits per heavy atom. The lowest BCUT2D eigenvalue weighted by Crippen LogP contribution is -2.54. The molecule has 0 aliphatic rings. The molecule has 0 fully saturated rings. The SMILES string of the molecule is CCCN(CC(O)C(Cc1cc(F)cc(F)c1)NC(=O)c1cc(C(N)=O)cc(C(=O)N(CCC)CCC)c1)NS(=O)(=O)C(C)C. The number of halogens is 2. The van der Waals surface area contributed by atoms with Gasteiger partial charge < -0.3 is 21.1 Å². The van der Waals surface area contributed by atoms with E-state index >= 15 is 0 Å². The Bertz CT molecular complexity index is 1410. The number of nitrogens with two attached hydrogens (primary N) is 1. The third kappa shape index (κ3) is 11.4. The number of nitrogens with zero attached hydrogens (tertiary/aromatic N) is 2. The Hall–Kier alpha value is -3.46. The molecule has 5 N–H and O–H groups in total. The molecule has 2 aromatic carbocycles. The number of benzene rings is 2. The smallest absolute Gasteiger partial charge is 0.253 e. The van der Waals surface area contributed by atoms with Gasteiger partial charge in [-0.2, -0.15) is 0 Å². The van der Waals surface area contributed by atoms with Gasteiger partial charge in [0.25, 0.3) is 11.8 Å². The first-order valence-electron chi connectivity index (χ1n) is 15.1. The number of amides is 3. The zero-order chi connectivity index (χ0) is 33.9. The molecule has 0 bridgehead atoms. The highest BCUT2D eigenvalue weighted by Gasteiger charge is 2.28. The highest BCUT2D eigenvalue weighted by Crippen LogP contribution is 2.17. The largest absolute Gasteiger partial charge is 0.390 e. The van der Waals surface area contributed by atoms with Gasteiger partial charge in [0.2, 0.25) is 15.9 Å². The van der Waals surface area contributed by atoms with Crippen LogP contribution in [0.1, 0.15) is 90.5 Å². The van der Waals surface area contributed by atoms with Gasteiger partial charge in [0.1, 0.15) is 11.6 Å². The lowest BCUT2D eigenvalue weighted by Gasteiger charge is -2.30. The normalized spacial score (nSPS) is 13.1. The van der Waals surface area contributed by atoms with Crippen LogP contribution in [0.4, 0.5) is 8.78 Å². The summed E-state index contributed by atoms with van der Waals surface area (Å²) in [4.78, 5) is 43.1.